The Labute approximate surface area is 115 Å². The van der Waals surface area contributed by atoms with Gasteiger partial charge in [0, 0.05) is 0 Å². The standard InChI is InChI=1S/C13H13N3O4/c1-18-10-9(8-6-4-3-5-7-8)11(19-2)16-13(15-10)20-12(14)17/h3-7H,1-2H3,(H2,14,17). The van der Waals surface area contributed by atoms with Gasteiger partial charge in [-0.25, -0.2) is 4.79 Å². The number of nitrogens with zero attached hydrogens (tertiary/aromatic N) is 2. The van der Waals surface area contributed by atoms with Gasteiger partial charge in [-0.2, -0.15) is 9.97 Å². The van der Waals surface area contributed by atoms with Crippen LogP contribution in [-0.2, 0) is 0 Å². The van der Waals surface area contributed by atoms with Crippen LogP contribution >= 0.6 is 0 Å². The van der Waals surface area contributed by atoms with E-state index in [9.17, 15) is 4.79 Å². The molecule has 2 aromatic rings. The minimum atomic E-state index is -1.01. The van der Waals surface area contributed by atoms with Gasteiger partial charge in [0.1, 0.15) is 5.56 Å². The number of benzene rings is 1. The summed E-state index contributed by atoms with van der Waals surface area (Å²) in [6.07, 6.45) is -1.01. The topological polar surface area (TPSA) is 96.6 Å². The fourth-order valence-corrected chi connectivity index (χ4v) is 1.68. The lowest BCUT2D eigenvalue weighted by molar-refractivity contribution is 0.205. The highest BCUT2D eigenvalue weighted by atomic mass is 16.6. The predicted molar refractivity (Wildman–Crippen MR) is 70.8 cm³/mol. The lowest BCUT2D eigenvalue weighted by atomic mass is 10.1. The Balaban J connectivity index is 2.58. The van der Waals surface area contributed by atoms with Gasteiger partial charge in [-0.15, -0.1) is 0 Å². The van der Waals surface area contributed by atoms with Gasteiger partial charge in [-0.1, -0.05) is 30.3 Å². The predicted octanol–water partition coefficient (Wildman–Crippen LogP) is 1.62. The zero-order valence-corrected chi connectivity index (χ0v) is 11.0. The van der Waals surface area contributed by atoms with Crippen molar-refractivity contribution in [2.75, 3.05) is 14.2 Å². The van der Waals surface area contributed by atoms with E-state index in [4.69, 9.17) is 15.2 Å². The van der Waals surface area contributed by atoms with Crippen molar-refractivity contribution in [1.82, 2.24) is 9.97 Å². The average molecular weight is 275 g/mol. The number of carbonyl (C=O) groups is 1. The van der Waals surface area contributed by atoms with Crippen LogP contribution in [0.25, 0.3) is 11.1 Å². The van der Waals surface area contributed by atoms with Crippen LogP contribution in [0.2, 0.25) is 0 Å². The van der Waals surface area contributed by atoms with Crippen molar-refractivity contribution in [3.8, 4) is 28.9 Å². The molecule has 0 unspecified atom stereocenters. The number of aromatic nitrogens is 2. The summed E-state index contributed by atoms with van der Waals surface area (Å²) in [4.78, 5) is 18.7. The first-order valence-electron chi connectivity index (χ1n) is 5.68. The van der Waals surface area contributed by atoms with E-state index in [1.54, 1.807) is 0 Å². The molecular weight excluding hydrogens is 262 g/mol. The maximum absolute atomic E-state index is 10.8. The molecule has 104 valence electrons. The van der Waals surface area contributed by atoms with E-state index in [0.717, 1.165) is 5.56 Å². The summed E-state index contributed by atoms with van der Waals surface area (Å²) in [6, 6.07) is 9.10. The number of ether oxygens (including phenoxy) is 3. The molecule has 1 heterocycles. The van der Waals surface area contributed by atoms with Crippen molar-refractivity contribution in [2.45, 2.75) is 0 Å². The molecule has 0 saturated carbocycles. The van der Waals surface area contributed by atoms with Gasteiger partial charge >= 0.3 is 12.1 Å². The smallest absolute Gasteiger partial charge is 0.412 e. The van der Waals surface area contributed by atoms with Crippen LogP contribution in [0.5, 0.6) is 17.8 Å². The summed E-state index contributed by atoms with van der Waals surface area (Å²) in [5.74, 6) is 0.443. The molecule has 2 rings (SSSR count). The molecule has 0 aliphatic carbocycles. The van der Waals surface area contributed by atoms with Crippen molar-refractivity contribution in [2.24, 2.45) is 5.73 Å². The molecule has 2 N–H and O–H groups in total. The van der Waals surface area contributed by atoms with Crippen LogP contribution in [-0.4, -0.2) is 30.3 Å². The normalized spacial score (nSPS) is 9.90. The monoisotopic (exact) mass is 275 g/mol. The average Bonchev–Trinajstić information content (AvgIpc) is 2.46. The molecule has 1 aromatic heterocycles. The molecule has 0 radical (unpaired) electrons. The lowest BCUT2D eigenvalue weighted by Gasteiger charge is -2.12. The second kappa shape index (κ2) is 5.87. The van der Waals surface area contributed by atoms with Crippen LogP contribution in [0.4, 0.5) is 4.79 Å². The molecule has 0 aliphatic rings. The third-order valence-corrected chi connectivity index (χ3v) is 2.46. The zero-order chi connectivity index (χ0) is 14.5. The van der Waals surface area contributed by atoms with Gasteiger partial charge in [0.15, 0.2) is 0 Å². The Bertz CT molecular complexity index is 591. The van der Waals surface area contributed by atoms with Crippen molar-refractivity contribution >= 4 is 6.09 Å². The van der Waals surface area contributed by atoms with Crippen molar-refractivity contribution in [3.05, 3.63) is 30.3 Å². The van der Waals surface area contributed by atoms with Gasteiger partial charge in [-0.3, -0.25) is 0 Å². The molecule has 0 saturated heterocycles. The lowest BCUT2D eigenvalue weighted by Crippen LogP contribution is -2.18. The van der Waals surface area contributed by atoms with Gasteiger partial charge in [-0.05, 0) is 5.56 Å². The fraction of sp³-hybridized carbons (Fsp3) is 0.154. The number of nitrogens with two attached hydrogens (primary N) is 1. The molecule has 1 amide bonds. The van der Waals surface area contributed by atoms with Crippen LogP contribution < -0.4 is 19.9 Å². The first-order chi connectivity index (χ1) is 9.65. The van der Waals surface area contributed by atoms with Crippen molar-refractivity contribution in [3.63, 3.8) is 0 Å². The van der Waals surface area contributed by atoms with Crippen LogP contribution in [0, 0.1) is 0 Å². The number of primary amides is 1. The van der Waals surface area contributed by atoms with Gasteiger partial charge in [0.25, 0.3) is 0 Å². The second-order valence-corrected chi connectivity index (χ2v) is 3.69. The molecule has 0 atom stereocenters. The largest absolute Gasteiger partial charge is 0.480 e. The Morgan fingerprint density at radius 3 is 2.05 bits per heavy atom. The summed E-state index contributed by atoms with van der Waals surface area (Å²) in [5, 5.41) is 0. The van der Waals surface area contributed by atoms with Crippen LogP contribution in [0.15, 0.2) is 30.3 Å². The number of carbonyl (C=O) groups excluding carboxylic acids is 1. The molecule has 1 aromatic carbocycles. The summed E-state index contributed by atoms with van der Waals surface area (Å²) in [7, 11) is 2.89. The fourth-order valence-electron chi connectivity index (χ4n) is 1.68. The molecule has 20 heavy (non-hydrogen) atoms. The highest BCUT2D eigenvalue weighted by molar-refractivity contribution is 5.74. The van der Waals surface area contributed by atoms with Crippen molar-refractivity contribution in [1.29, 1.82) is 0 Å². The Morgan fingerprint density at radius 2 is 1.60 bits per heavy atom. The van der Waals surface area contributed by atoms with Gasteiger partial charge in [0.2, 0.25) is 11.8 Å². The number of methoxy groups -OCH3 is 2. The van der Waals surface area contributed by atoms with Crippen molar-refractivity contribution < 1.29 is 19.0 Å². The van der Waals surface area contributed by atoms with Crippen LogP contribution in [0.3, 0.4) is 0 Å². The highest BCUT2D eigenvalue weighted by Crippen LogP contribution is 2.36. The van der Waals surface area contributed by atoms with E-state index in [2.05, 4.69) is 14.7 Å². The molecule has 0 spiro atoms. The number of hydrogen-bond donors (Lipinski definition) is 1. The third kappa shape index (κ3) is 2.77. The first kappa shape index (κ1) is 13.6. The highest BCUT2D eigenvalue weighted by Gasteiger charge is 2.19. The zero-order valence-electron chi connectivity index (χ0n) is 11.0. The number of amides is 1. The maximum atomic E-state index is 10.8. The summed E-state index contributed by atoms with van der Waals surface area (Å²) >= 11 is 0. The van der Waals surface area contributed by atoms with Gasteiger partial charge in [0.05, 0.1) is 14.2 Å². The minimum absolute atomic E-state index is 0.222. The van der Waals surface area contributed by atoms with Crippen LogP contribution in [0.1, 0.15) is 0 Å². The molecular formula is C13H13N3O4. The quantitative estimate of drug-likeness (QED) is 0.910. The molecule has 0 aliphatic heterocycles. The molecule has 7 heteroatoms. The van der Waals surface area contributed by atoms with E-state index in [1.165, 1.54) is 14.2 Å². The number of hydrogen-bond acceptors (Lipinski definition) is 6. The SMILES string of the molecule is COc1nc(OC(N)=O)nc(OC)c1-c1ccccc1. The van der Waals surface area contributed by atoms with E-state index < -0.39 is 6.09 Å². The summed E-state index contributed by atoms with van der Waals surface area (Å²) < 4.78 is 15.0. The minimum Gasteiger partial charge on any atom is -0.480 e. The van der Waals surface area contributed by atoms with E-state index >= 15 is 0 Å². The first-order valence-corrected chi connectivity index (χ1v) is 5.68. The van der Waals surface area contributed by atoms with E-state index in [1.807, 2.05) is 30.3 Å². The Kier molecular flexibility index (Phi) is 3.99. The molecule has 7 nitrogen and oxygen atoms in total. The van der Waals surface area contributed by atoms with E-state index in [-0.39, 0.29) is 17.8 Å². The van der Waals surface area contributed by atoms with E-state index in [0.29, 0.717) is 5.56 Å². The Hall–Kier alpha value is -2.83. The molecule has 0 fully saturated rings. The second-order valence-electron chi connectivity index (χ2n) is 3.69. The summed E-state index contributed by atoms with van der Waals surface area (Å²) in [6.45, 7) is 0. The molecule has 0 bridgehead atoms. The number of rotatable bonds is 4. The summed E-state index contributed by atoms with van der Waals surface area (Å²) in [5.41, 5.74) is 6.31. The third-order valence-electron chi connectivity index (χ3n) is 2.46. The maximum Gasteiger partial charge on any atom is 0.412 e. The Morgan fingerprint density at radius 1 is 1.05 bits per heavy atom. The van der Waals surface area contributed by atoms with Gasteiger partial charge < -0.3 is 19.9 Å².